The third-order valence-corrected chi connectivity index (χ3v) is 2.33. The molecule has 2 rings (SSSR count). The van der Waals surface area contributed by atoms with Crippen molar-refractivity contribution >= 4 is 22.8 Å². The zero-order valence-electron chi connectivity index (χ0n) is 7.76. The molecule has 0 aliphatic heterocycles. The summed E-state index contributed by atoms with van der Waals surface area (Å²) in [6.07, 6.45) is 3.17. The zero-order valence-corrected chi connectivity index (χ0v) is 8.52. The molecule has 1 atom stereocenters. The number of hydrogen-bond acceptors (Lipinski definition) is 4. The average Bonchev–Trinajstić information content (AvgIpc) is 2.30. The summed E-state index contributed by atoms with van der Waals surface area (Å²) in [7, 11) is 0. The number of alkyl halides is 1. The molecule has 0 aromatic carbocycles. The molecule has 0 spiro atoms. The fourth-order valence-electron chi connectivity index (χ4n) is 1.24. The third-order valence-electron chi connectivity index (χ3n) is 2.02. The Morgan fingerprint density at radius 3 is 2.87 bits per heavy atom. The van der Waals surface area contributed by atoms with Gasteiger partial charge in [0.1, 0.15) is 11.4 Å². The van der Waals surface area contributed by atoms with E-state index in [1.54, 1.807) is 24.5 Å². The van der Waals surface area contributed by atoms with Crippen molar-refractivity contribution in [3.63, 3.8) is 0 Å². The minimum absolute atomic E-state index is 0.231. The fraction of sp³-hybridized carbons (Fsp3) is 0.200. The van der Waals surface area contributed by atoms with E-state index in [9.17, 15) is 0 Å². The molecule has 0 aliphatic carbocycles. The Kier molecular flexibility index (Phi) is 2.75. The molecule has 15 heavy (non-hydrogen) atoms. The van der Waals surface area contributed by atoms with Crippen molar-refractivity contribution in [3.8, 4) is 6.07 Å². The first-order valence-electron chi connectivity index (χ1n) is 4.38. The second-order valence-electron chi connectivity index (χ2n) is 2.97. The molecular weight excluding hydrogens is 212 g/mol. The number of nitriles is 1. The van der Waals surface area contributed by atoms with E-state index in [4.69, 9.17) is 16.9 Å². The van der Waals surface area contributed by atoms with Gasteiger partial charge in [0, 0.05) is 18.3 Å². The van der Waals surface area contributed by atoms with Crippen LogP contribution in [0.1, 0.15) is 11.6 Å². The van der Waals surface area contributed by atoms with E-state index in [0.717, 1.165) is 0 Å². The molecule has 0 fully saturated rings. The molecule has 2 heterocycles. The van der Waals surface area contributed by atoms with Gasteiger partial charge in [-0.25, -0.2) is 9.97 Å². The van der Waals surface area contributed by atoms with Gasteiger partial charge in [-0.15, -0.1) is 11.6 Å². The molecule has 0 radical (unpaired) electrons. The third kappa shape index (κ3) is 1.88. The van der Waals surface area contributed by atoms with E-state index in [0.29, 0.717) is 16.9 Å². The second kappa shape index (κ2) is 4.20. The molecule has 74 valence electrons. The number of nitrogens with zero attached hydrogens (tertiary/aromatic N) is 4. The van der Waals surface area contributed by atoms with Crippen molar-refractivity contribution in [3.05, 3.63) is 30.2 Å². The van der Waals surface area contributed by atoms with Gasteiger partial charge >= 0.3 is 0 Å². The zero-order chi connectivity index (χ0) is 10.7. The van der Waals surface area contributed by atoms with E-state index in [1.807, 2.05) is 0 Å². The predicted octanol–water partition coefficient (Wildman–Crippen LogP) is 1.87. The molecule has 0 amide bonds. The standard InChI is InChI=1S/C10H7ClN4/c11-5-7(6-12)8-1-2-9-10(15-8)14-4-3-13-9/h1-4,7H,5H2. The normalized spacial score (nSPS) is 12.3. The van der Waals surface area contributed by atoms with Crippen LogP contribution in [0.3, 0.4) is 0 Å². The summed E-state index contributed by atoms with van der Waals surface area (Å²) in [6, 6.07) is 5.64. The second-order valence-corrected chi connectivity index (χ2v) is 3.28. The smallest absolute Gasteiger partial charge is 0.178 e. The van der Waals surface area contributed by atoms with E-state index < -0.39 is 5.92 Å². The number of pyridine rings is 1. The maximum Gasteiger partial charge on any atom is 0.178 e. The highest BCUT2D eigenvalue weighted by molar-refractivity contribution is 6.18. The van der Waals surface area contributed by atoms with E-state index in [2.05, 4.69) is 21.0 Å². The monoisotopic (exact) mass is 218 g/mol. The highest BCUT2D eigenvalue weighted by atomic mass is 35.5. The van der Waals surface area contributed by atoms with Crippen LogP contribution in [-0.4, -0.2) is 20.8 Å². The first kappa shape index (κ1) is 9.81. The van der Waals surface area contributed by atoms with Crippen LogP contribution in [0.4, 0.5) is 0 Å². The van der Waals surface area contributed by atoms with Crippen molar-refractivity contribution in [2.75, 3.05) is 5.88 Å². The number of halogens is 1. The minimum atomic E-state index is -0.391. The molecule has 2 aromatic rings. The molecule has 0 bridgehead atoms. The largest absolute Gasteiger partial charge is 0.251 e. The van der Waals surface area contributed by atoms with Gasteiger partial charge in [-0.1, -0.05) is 0 Å². The lowest BCUT2D eigenvalue weighted by atomic mass is 10.1. The van der Waals surface area contributed by atoms with Gasteiger partial charge < -0.3 is 0 Å². The predicted molar refractivity (Wildman–Crippen MR) is 56.4 cm³/mol. The average molecular weight is 219 g/mol. The SMILES string of the molecule is N#CC(CCl)c1ccc2nccnc2n1. The highest BCUT2D eigenvalue weighted by Gasteiger charge is 2.11. The lowest BCUT2D eigenvalue weighted by Crippen LogP contribution is -2.01. The Morgan fingerprint density at radius 1 is 1.33 bits per heavy atom. The molecule has 1 unspecified atom stereocenters. The summed E-state index contributed by atoms with van der Waals surface area (Å²) >= 11 is 5.65. The lowest BCUT2D eigenvalue weighted by molar-refractivity contribution is 0.932. The Labute approximate surface area is 91.6 Å². The van der Waals surface area contributed by atoms with Crippen molar-refractivity contribution in [2.24, 2.45) is 0 Å². The van der Waals surface area contributed by atoms with Crippen LogP contribution in [0.15, 0.2) is 24.5 Å². The molecule has 0 saturated heterocycles. The minimum Gasteiger partial charge on any atom is -0.251 e. The molecule has 4 nitrogen and oxygen atoms in total. The van der Waals surface area contributed by atoms with E-state index >= 15 is 0 Å². The fourth-order valence-corrected chi connectivity index (χ4v) is 1.47. The Hall–Kier alpha value is -1.73. The van der Waals surface area contributed by atoms with Gasteiger partial charge in [0.25, 0.3) is 0 Å². The van der Waals surface area contributed by atoms with Crippen LogP contribution >= 0.6 is 11.6 Å². The van der Waals surface area contributed by atoms with Gasteiger partial charge in [0.15, 0.2) is 5.65 Å². The first-order valence-corrected chi connectivity index (χ1v) is 4.92. The van der Waals surface area contributed by atoms with Crippen molar-refractivity contribution < 1.29 is 0 Å². The quantitative estimate of drug-likeness (QED) is 0.722. The summed E-state index contributed by atoms with van der Waals surface area (Å²) in [5, 5.41) is 8.84. The summed E-state index contributed by atoms with van der Waals surface area (Å²) in [4.78, 5) is 12.4. The number of fused-ring (bicyclic) bond motifs is 1. The summed E-state index contributed by atoms with van der Waals surface area (Å²) in [5.74, 6) is -0.159. The maximum atomic E-state index is 8.84. The molecule has 0 aliphatic rings. The summed E-state index contributed by atoms with van der Waals surface area (Å²) in [6.45, 7) is 0. The van der Waals surface area contributed by atoms with Gasteiger partial charge in [-0.3, -0.25) is 4.98 Å². The van der Waals surface area contributed by atoms with Crippen LogP contribution in [-0.2, 0) is 0 Å². The Bertz CT molecular complexity index is 520. The summed E-state index contributed by atoms with van der Waals surface area (Å²) in [5.41, 5.74) is 1.90. The Balaban J connectivity index is 2.52. The number of rotatable bonds is 2. The van der Waals surface area contributed by atoms with Crippen LogP contribution in [0.5, 0.6) is 0 Å². The highest BCUT2D eigenvalue weighted by Crippen LogP contribution is 2.16. The van der Waals surface area contributed by atoms with Crippen molar-refractivity contribution in [1.29, 1.82) is 5.26 Å². The van der Waals surface area contributed by atoms with Gasteiger partial charge in [-0.2, -0.15) is 5.26 Å². The molecule has 0 N–H and O–H groups in total. The number of aromatic nitrogens is 3. The maximum absolute atomic E-state index is 8.84. The molecule has 5 heteroatoms. The van der Waals surface area contributed by atoms with Crippen LogP contribution in [0.2, 0.25) is 0 Å². The van der Waals surface area contributed by atoms with Gasteiger partial charge in [0.2, 0.25) is 0 Å². The van der Waals surface area contributed by atoms with Crippen molar-refractivity contribution in [2.45, 2.75) is 5.92 Å². The van der Waals surface area contributed by atoms with Gasteiger partial charge in [-0.05, 0) is 12.1 Å². The van der Waals surface area contributed by atoms with Crippen LogP contribution in [0.25, 0.3) is 11.2 Å². The summed E-state index contributed by atoms with van der Waals surface area (Å²) < 4.78 is 0. The van der Waals surface area contributed by atoms with Crippen LogP contribution in [0, 0.1) is 11.3 Å². The number of hydrogen-bond donors (Lipinski definition) is 0. The van der Waals surface area contributed by atoms with E-state index in [-0.39, 0.29) is 5.88 Å². The van der Waals surface area contributed by atoms with E-state index in [1.165, 1.54) is 0 Å². The topological polar surface area (TPSA) is 62.5 Å². The molecular formula is C10H7ClN4. The first-order chi connectivity index (χ1) is 7.35. The van der Waals surface area contributed by atoms with Gasteiger partial charge in [0.05, 0.1) is 11.8 Å². The Morgan fingerprint density at radius 2 is 2.13 bits per heavy atom. The molecule has 0 saturated carbocycles. The van der Waals surface area contributed by atoms with Crippen LogP contribution < -0.4 is 0 Å². The van der Waals surface area contributed by atoms with Crippen molar-refractivity contribution in [1.82, 2.24) is 15.0 Å². The molecule has 2 aromatic heterocycles. The lowest BCUT2D eigenvalue weighted by Gasteiger charge is -2.04.